The number of rotatable bonds is 11. The molecule has 1 unspecified atom stereocenters. The van der Waals surface area contributed by atoms with Crippen LogP contribution >= 0.6 is 0 Å². The van der Waals surface area contributed by atoms with Gasteiger partial charge in [-0.2, -0.15) is 0 Å². The summed E-state index contributed by atoms with van der Waals surface area (Å²) in [6, 6.07) is 0. The first-order valence-corrected chi connectivity index (χ1v) is 8.75. The van der Waals surface area contributed by atoms with Crippen LogP contribution in [0.25, 0.3) is 0 Å². The summed E-state index contributed by atoms with van der Waals surface area (Å²) in [5.41, 5.74) is 0. The molecule has 28 heavy (non-hydrogen) atoms. The van der Waals surface area contributed by atoms with Gasteiger partial charge in [0.05, 0.1) is 0 Å². The van der Waals surface area contributed by atoms with Gasteiger partial charge in [0, 0.05) is 61.9 Å². The minimum atomic E-state index is -0.791. The molecule has 0 amide bonds. The monoisotopic (exact) mass is 408 g/mol. The largest absolute Gasteiger partial charge is 0.383 e. The second-order valence-corrected chi connectivity index (χ2v) is 5.97. The first-order chi connectivity index (χ1) is 13.1. The summed E-state index contributed by atoms with van der Waals surface area (Å²) in [7, 11) is 15.1. The highest BCUT2D eigenvalue weighted by Gasteiger charge is 2.12. The Bertz CT molecular complexity index is 403. The molecule has 0 aliphatic carbocycles. The minimum Gasteiger partial charge on any atom is -0.383 e. The van der Waals surface area contributed by atoms with E-state index in [1.165, 1.54) is 27.2 Å². The van der Waals surface area contributed by atoms with Gasteiger partial charge in [-0.1, -0.05) is 6.92 Å². The van der Waals surface area contributed by atoms with Gasteiger partial charge in [-0.25, -0.2) is 0 Å². The van der Waals surface area contributed by atoms with E-state index in [1.807, 2.05) is 40.0 Å². The average Bonchev–Trinajstić information content (AvgIpc) is 2.63. The van der Waals surface area contributed by atoms with E-state index in [0.29, 0.717) is 0 Å². The molecule has 0 saturated carbocycles. The molecule has 0 saturated heterocycles. The molecule has 0 aliphatic heterocycles. The van der Waals surface area contributed by atoms with Gasteiger partial charge >= 0.3 is 0 Å². The van der Waals surface area contributed by atoms with E-state index < -0.39 is 6.29 Å². The van der Waals surface area contributed by atoms with Crippen LogP contribution in [0.15, 0.2) is 12.3 Å². The van der Waals surface area contributed by atoms with E-state index in [9.17, 15) is 9.59 Å². The van der Waals surface area contributed by atoms with Crippen molar-refractivity contribution in [3.05, 3.63) is 12.3 Å². The van der Waals surface area contributed by atoms with Crippen molar-refractivity contribution < 1.29 is 33.3 Å². The van der Waals surface area contributed by atoms with E-state index in [2.05, 4.69) is 0 Å². The van der Waals surface area contributed by atoms with Gasteiger partial charge in [-0.3, -0.25) is 14.5 Å². The standard InChI is InChI=1S/C8H15NO3.C6H12O2.C5H13NO2/c1-9(2)6-5-7(10)8(11-3)12-4;1-4-6(8-3)5(2)7;1-6(2)5(7-3)8-4/h5-6,8H,1-4H3;6H,4H2,1-3H3;5H,1-4H3/b6-5+;;. The first-order valence-electron chi connectivity index (χ1n) is 8.75. The zero-order valence-corrected chi connectivity index (χ0v) is 19.3. The smallest absolute Gasteiger partial charge is 0.221 e. The lowest BCUT2D eigenvalue weighted by molar-refractivity contribution is -0.179. The minimum absolute atomic E-state index is 0.106. The van der Waals surface area contributed by atoms with Crippen molar-refractivity contribution >= 4 is 11.6 Å². The van der Waals surface area contributed by atoms with Gasteiger partial charge in [-0.15, -0.1) is 0 Å². The Kier molecular flexibility index (Phi) is 22.8. The third kappa shape index (κ3) is 18.0. The van der Waals surface area contributed by atoms with E-state index in [1.54, 1.807) is 32.4 Å². The lowest BCUT2D eigenvalue weighted by atomic mass is 10.2. The van der Waals surface area contributed by atoms with Gasteiger partial charge in [0.15, 0.2) is 5.78 Å². The Labute approximate surface area is 170 Å². The summed E-state index contributed by atoms with van der Waals surface area (Å²) in [5, 5.41) is 0. The van der Waals surface area contributed by atoms with E-state index in [4.69, 9.17) is 23.7 Å². The molecule has 1 atom stereocenters. The van der Waals surface area contributed by atoms with Gasteiger partial charge < -0.3 is 28.6 Å². The quantitative estimate of drug-likeness (QED) is 0.372. The zero-order chi connectivity index (χ0) is 22.7. The number of hydrogen-bond donors (Lipinski definition) is 0. The summed E-state index contributed by atoms with van der Waals surface area (Å²) >= 11 is 0. The number of ether oxygens (including phenoxy) is 5. The fourth-order valence-corrected chi connectivity index (χ4v) is 1.77. The number of Topliss-reactive ketones (excluding diaryl/α,β-unsaturated/α-hetero) is 1. The summed E-state index contributed by atoms with van der Waals surface area (Å²) in [4.78, 5) is 25.2. The average molecular weight is 409 g/mol. The molecule has 0 aliphatic rings. The van der Waals surface area contributed by atoms with E-state index in [0.717, 1.165) is 6.42 Å². The Balaban J connectivity index is -0.000000347. The van der Waals surface area contributed by atoms with Crippen molar-refractivity contribution in [3.63, 3.8) is 0 Å². The fraction of sp³-hybridized carbons (Fsp3) is 0.789. The van der Waals surface area contributed by atoms with Gasteiger partial charge in [0.25, 0.3) is 0 Å². The van der Waals surface area contributed by atoms with E-state index >= 15 is 0 Å². The molecule has 9 nitrogen and oxygen atoms in total. The normalized spacial score (nSPS) is 11.8. The SMILES string of the molecule is CCC(OC)C(C)=O.COC(OC)C(=O)/C=C/N(C)C.COC(OC)N(C)C. The molecule has 0 fully saturated rings. The third-order valence-electron chi connectivity index (χ3n) is 3.13. The number of ketones is 2. The highest BCUT2D eigenvalue weighted by molar-refractivity contribution is 5.92. The van der Waals surface area contributed by atoms with Crippen molar-refractivity contribution in [2.45, 2.75) is 39.1 Å². The molecule has 0 heterocycles. The van der Waals surface area contributed by atoms with Crippen LogP contribution in [-0.2, 0) is 33.3 Å². The number of nitrogens with zero attached hydrogens (tertiary/aromatic N) is 2. The van der Waals surface area contributed by atoms with Crippen molar-refractivity contribution in [3.8, 4) is 0 Å². The van der Waals surface area contributed by atoms with Crippen LogP contribution in [0.2, 0.25) is 0 Å². The molecule has 0 rings (SSSR count). The fourth-order valence-electron chi connectivity index (χ4n) is 1.77. The Morgan fingerprint density at radius 2 is 1.32 bits per heavy atom. The summed E-state index contributed by atoms with van der Waals surface area (Å²) < 4.78 is 24.0. The summed E-state index contributed by atoms with van der Waals surface area (Å²) in [6.45, 7) is 3.47. The van der Waals surface area contributed by atoms with Gasteiger partial charge in [0.2, 0.25) is 18.5 Å². The van der Waals surface area contributed by atoms with Crippen molar-refractivity contribution in [2.75, 3.05) is 63.7 Å². The predicted molar refractivity (Wildman–Crippen MR) is 109 cm³/mol. The lowest BCUT2D eigenvalue weighted by Crippen LogP contribution is -2.30. The summed E-state index contributed by atoms with van der Waals surface area (Å²) in [5.74, 6) is -0.0938. The van der Waals surface area contributed by atoms with Crippen molar-refractivity contribution in [2.24, 2.45) is 0 Å². The maximum absolute atomic E-state index is 11.1. The Hall–Kier alpha value is -1.36. The van der Waals surface area contributed by atoms with Crippen LogP contribution in [0.4, 0.5) is 0 Å². The number of methoxy groups -OCH3 is 5. The molecule has 0 N–H and O–H groups in total. The number of hydrogen-bond acceptors (Lipinski definition) is 9. The molecular formula is C19H40N2O7. The molecule has 0 aromatic rings. The number of carbonyl (C=O) groups excluding carboxylic acids is 2. The predicted octanol–water partition coefficient (Wildman–Crippen LogP) is 1.37. The van der Waals surface area contributed by atoms with Crippen molar-refractivity contribution in [1.29, 1.82) is 0 Å². The van der Waals surface area contributed by atoms with Gasteiger partial charge in [0.1, 0.15) is 6.10 Å². The number of carbonyl (C=O) groups is 2. The molecule has 168 valence electrons. The van der Waals surface area contributed by atoms with Crippen LogP contribution in [0.1, 0.15) is 20.3 Å². The first kappa shape index (κ1) is 31.3. The van der Waals surface area contributed by atoms with Crippen LogP contribution < -0.4 is 0 Å². The molecule has 9 heteroatoms. The highest BCUT2D eigenvalue weighted by atomic mass is 16.7. The van der Waals surface area contributed by atoms with Crippen molar-refractivity contribution in [1.82, 2.24) is 9.80 Å². The van der Waals surface area contributed by atoms with E-state index in [-0.39, 0.29) is 24.1 Å². The molecule has 0 bridgehead atoms. The van der Waals surface area contributed by atoms with Crippen LogP contribution in [0.3, 0.4) is 0 Å². The second-order valence-electron chi connectivity index (χ2n) is 5.97. The van der Waals surface area contributed by atoms with Crippen LogP contribution in [0, 0.1) is 0 Å². The Morgan fingerprint density at radius 3 is 1.46 bits per heavy atom. The zero-order valence-electron chi connectivity index (χ0n) is 19.3. The molecule has 0 aromatic heterocycles. The third-order valence-corrected chi connectivity index (χ3v) is 3.13. The Morgan fingerprint density at radius 1 is 0.857 bits per heavy atom. The maximum atomic E-state index is 11.1. The molecular weight excluding hydrogens is 368 g/mol. The van der Waals surface area contributed by atoms with Gasteiger partial charge in [-0.05, 0) is 27.4 Å². The maximum Gasteiger partial charge on any atom is 0.221 e. The topological polar surface area (TPSA) is 86.8 Å². The molecule has 0 aromatic carbocycles. The molecule has 0 spiro atoms. The highest BCUT2D eigenvalue weighted by Crippen LogP contribution is 1.96. The lowest BCUT2D eigenvalue weighted by Gasteiger charge is -2.19. The van der Waals surface area contributed by atoms with Crippen LogP contribution in [0.5, 0.6) is 0 Å². The second kappa shape index (κ2) is 20.4. The molecule has 0 radical (unpaired) electrons. The van der Waals surface area contributed by atoms with Crippen LogP contribution in [-0.4, -0.2) is 104 Å². The summed E-state index contributed by atoms with van der Waals surface area (Å²) in [6.07, 6.45) is 2.64.